The molecule has 7 nitrogen and oxygen atoms in total. The number of benzene rings is 1. The van der Waals surface area contributed by atoms with E-state index >= 15 is 0 Å². The Kier molecular flexibility index (Phi) is 4.53. The Hall–Kier alpha value is -3.29. The first-order valence-corrected chi connectivity index (χ1v) is 10.5. The van der Waals surface area contributed by atoms with Crippen LogP contribution in [0.1, 0.15) is 35.5 Å². The van der Waals surface area contributed by atoms with Gasteiger partial charge in [0, 0.05) is 26.7 Å². The van der Waals surface area contributed by atoms with Crippen molar-refractivity contribution in [1.82, 2.24) is 19.7 Å². The van der Waals surface area contributed by atoms with E-state index in [4.69, 9.17) is 4.98 Å². The third kappa shape index (κ3) is 3.36. The SMILES string of the molecule is Cc1nc(CCc2cnn(Cc3ccc(F)cc3)c2)nc2c1N(C)C(=O)C1(CC1)N2C. The van der Waals surface area contributed by atoms with Crippen LogP contribution in [0.15, 0.2) is 36.7 Å². The molecule has 1 aromatic carbocycles. The smallest absolute Gasteiger partial charge is 0.252 e. The van der Waals surface area contributed by atoms with Gasteiger partial charge in [0.25, 0.3) is 5.91 Å². The lowest BCUT2D eigenvalue weighted by Crippen LogP contribution is -2.53. The van der Waals surface area contributed by atoms with E-state index < -0.39 is 5.54 Å². The quantitative estimate of drug-likeness (QED) is 0.635. The summed E-state index contributed by atoms with van der Waals surface area (Å²) in [6, 6.07) is 6.46. The van der Waals surface area contributed by atoms with E-state index in [0.717, 1.165) is 53.4 Å². The van der Waals surface area contributed by atoms with Gasteiger partial charge in [-0.2, -0.15) is 5.10 Å². The van der Waals surface area contributed by atoms with E-state index in [1.165, 1.54) is 12.1 Å². The molecular formula is C23H25FN6O. The molecule has 2 aliphatic rings. The highest BCUT2D eigenvalue weighted by molar-refractivity contribution is 6.09. The van der Waals surface area contributed by atoms with E-state index in [-0.39, 0.29) is 11.7 Å². The summed E-state index contributed by atoms with van der Waals surface area (Å²) < 4.78 is 14.9. The minimum atomic E-state index is -0.415. The number of carbonyl (C=O) groups is 1. The maximum absolute atomic E-state index is 13.1. The van der Waals surface area contributed by atoms with Gasteiger partial charge in [-0.25, -0.2) is 14.4 Å². The van der Waals surface area contributed by atoms with Gasteiger partial charge >= 0.3 is 0 Å². The van der Waals surface area contributed by atoms with E-state index in [0.29, 0.717) is 13.0 Å². The van der Waals surface area contributed by atoms with Crippen molar-refractivity contribution < 1.29 is 9.18 Å². The number of aryl methyl sites for hydroxylation is 3. The summed E-state index contributed by atoms with van der Waals surface area (Å²) >= 11 is 0. The van der Waals surface area contributed by atoms with E-state index in [1.54, 1.807) is 17.0 Å². The van der Waals surface area contributed by atoms with Gasteiger partial charge in [-0.15, -0.1) is 0 Å². The van der Waals surface area contributed by atoms with Crippen molar-refractivity contribution in [3.63, 3.8) is 0 Å². The monoisotopic (exact) mass is 420 g/mol. The van der Waals surface area contributed by atoms with E-state index in [1.807, 2.05) is 43.0 Å². The molecule has 1 amide bonds. The highest BCUT2D eigenvalue weighted by atomic mass is 19.1. The standard InChI is InChI=1S/C23H25FN6O/c1-15-20-21(29(3)23(10-11-23)22(31)28(20)2)27-19(26-15)9-6-17-12-25-30(14-17)13-16-4-7-18(24)8-5-16/h4-5,7-8,12,14H,6,9-11,13H2,1-3H3. The predicted molar refractivity (Wildman–Crippen MR) is 116 cm³/mol. The molecule has 31 heavy (non-hydrogen) atoms. The number of rotatable bonds is 5. The fourth-order valence-corrected chi connectivity index (χ4v) is 4.43. The zero-order chi connectivity index (χ0) is 21.8. The number of likely N-dealkylation sites (N-methyl/N-ethyl adjacent to an activating group) is 2. The lowest BCUT2D eigenvalue weighted by Gasteiger charge is -2.39. The van der Waals surface area contributed by atoms with Gasteiger partial charge in [0.15, 0.2) is 5.82 Å². The van der Waals surface area contributed by atoms with Crippen molar-refractivity contribution >= 4 is 17.4 Å². The number of amides is 1. The minimum absolute atomic E-state index is 0.135. The summed E-state index contributed by atoms with van der Waals surface area (Å²) in [5.41, 5.74) is 3.31. The number of hydrogen-bond donors (Lipinski definition) is 0. The molecule has 0 saturated heterocycles. The number of aromatic nitrogens is 4. The average molecular weight is 420 g/mol. The molecule has 8 heteroatoms. The Morgan fingerprint density at radius 3 is 2.52 bits per heavy atom. The molecule has 0 N–H and O–H groups in total. The van der Waals surface area contributed by atoms with Crippen molar-refractivity contribution in [2.75, 3.05) is 23.9 Å². The molecule has 0 radical (unpaired) electrons. The number of anilines is 2. The first kappa shape index (κ1) is 19.7. The third-order valence-electron chi connectivity index (χ3n) is 6.39. The van der Waals surface area contributed by atoms with Crippen LogP contribution in [0.25, 0.3) is 0 Å². The van der Waals surface area contributed by atoms with Crippen LogP contribution in [0.2, 0.25) is 0 Å². The van der Waals surface area contributed by atoms with Crippen LogP contribution in [0.3, 0.4) is 0 Å². The number of nitrogens with zero attached hydrogens (tertiary/aromatic N) is 6. The van der Waals surface area contributed by atoms with Crippen molar-refractivity contribution in [2.45, 2.75) is 44.7 Å². The molecule has 0 bridgehead atoms. The number of fused-ring (bicyclic) bond motifs is 1. The zero-order valence-electron chi connectivity index (χ0n) is 18.0. The molecule has 0 unspecified atom stereocenters. The van der Waals surface area contributed by atoms with Crippen LogP contribution >= 0.6 is 0 Å². The Morgan fingerprint density at radius 2 is 1.81 bits per heavy atom. The molecular weight excluding hydrogens is 395 g/mol. The maximum atomic E-state index is 13.1. The van der Waals surface area contributed by atoms with Crippen LogP contribution in [0.5, 0.6) is 0 Å². The third-order valence-corrected chi connectivity index (χ3v) is 6.39. The highest BCUT2D eigenvalue weighted by Gasteiger charge is 2.58. The predicted octanol–water partition coefficient (Wildman–Crippen LogP) is 2.90. The Labute approximate surface area is 180 Å². The number of carbonyl (C=O) groups excluding carboxylic acids is 1. The van der Waals surface area contributed by atoms with E-state index in [9.17, 15) is 9.18 Å². The van der Waals surface area contributed by atoms with Gasteiger partial charge < -0.3 is 9.80 Å². The van der Waals surface area contributed by atoms with E-state index in [2.05, 4.69) is 10.1 Å². The minimum Gasteiger partial charge on any atom is -0.343 e. The second-order valence-corrected chi connectivity index (χ2v) is 8.52. The largest absolute Gasteiger partial charge is 0.343 e. The van der Waals surface area contributed by atoms with Crippen LogP contribution in [-0.2, 0) is 24.2 Å². The van der Waals surface area contributed by atoms with Gasteiger partial charge in [0.2, 0.25) is 0 Å². The first-order chi connectivity index (χ1) is 14.9. The van der Waals surface area contributed by atoms with Crippen molar-refractivity contribution in [2.24, 2.45) is 0 Å². The lowest BCUT2D eigenvalue weighted by atomic mass is 10.1. The molecule has 160 valence electrons. The van der Waals surface area contributed by atoms with Crippen molar-refractivity contribution in [1.29, 1.82) is 0 Å². The Morgan fingerprint density at radius 1 is 1.06 bits per heavy atom. The first-order valence-electron chi connectivity index (χ1n) is 10.5. The molecule has 1 fully saturated rings. The zero-order valence-corrected chi connectivity index (χ0v) is 18.0. The van der Waals surface area contributed by atoms with Gasteiger partial charge in [0.1, 0.15) is 22.9 Å². The molecule has 1 saturated carbocycles. The number of hydrogen-bond acceptors (Lipinski definition) is 5. The lowest BCUT2D eigenvalue weighted by molar-refractivity contribution is -0.120. The Bertz CT molecular complexity index is 1150. The van der Waals surface area contributed by atoms with Crippen LogP contribution in [0, 0.1) is 12.7 Å². The fourth-order valence-electron chi connectivity index (χ4n) is 4.43. The molecule has 1 spiro atoms. The summed E-state index contributed by atoms with van der Waals surface area (Å²) in [4.78, 5) is 26.1. The van der Waals surface area contributed by atoms with Gasteiger partial charge in [-0.05, 0) is 49.4 Å². The van der Waals surface area contributed by atoms with Crippen molar-refractivity contribution in [3.8, 4) is 0 Å². The summed E-state index contributed by atoms with van der Waals surface area (Å²) in [7, 11) is 3.78. The topological polar surface area (TPSA) is 67.2 Å². The summed E-state index contributed by atoms with van der Waals surface area (Å²) in [6.07, 6.45) is 7.06. The van der Waals surface area contributed by atoms with Gasteiger partial charge in [0.05, 0.1) is 18.4 Å². The van der Waals surface area contributed by atoms with Crippen molar-refractivity contribution in [3.05, 3.63) is 65.1 Å². The summed E-state index contributed by atoms with van der Waals surface area (Å²) in [5.74, 6) is 1.51. The second-order valence-electron chi connectivity index (χ2n) is 8.52. The normalized spacial score (nSPS) is 16.7. The maximum Gasteiger partial charge on any atom is 0.252 e. The molecule has 1 aliphatic carbocycles. The van der Waals surface area contributed by atoms with Crippen LogP contribution in [0.4, 0.5) is 15.9 Å². The van der Waals surface area contributed by atoms with Crippen LogP contribution in [-0.4, -0.2) is 45.3 Å². The molecule has 3 heterocycles. The molecule has 2 aromatic heterocycles. The van der Waals surface area contributed by atoms with Gasteiger partial charge in [-0.1, -0.05) is 12.1 Å². The van der Waals surface area contributed by atoms with Gasteiger partial charge in [-0.3, -0.25) is 9.48 Å². The van der Waals surface area contributed by atoms with Crippen LogP contribution < -0.4 is 9.80 Å². The molecule has 3 aromatic rings. The summed E-state index contributed by atoms with van der Waals surface area (Å²) in [5, 5.41) is 4.42. The molecule has 0 atom stereocenters. The fraction of sp³-hybridized carbons (Fsp3) is 0.391. The average Bonchev–Trinajstić information content (AvgIpc) is 3.44. The second kappa shape index (κ2) is 7.14. The number of halogens is 1. The highest BCUT2D eigenvalue weighted by Crippen LogP contribution is 2.50. The summed E-state index contributed by atoms with van der Waals surface area (Å²) in [6.45, 7) is 2.54. The molecule has 1 aliphatic heterocycles. The molecule has 5 rings (SSSR count). The Balaban J connectivity index is 1.31.